The Morgan fingerprint density at radius 2 is 2.00 bits per heavy atom. The molecule has 0 bridgehead atoms. The summed E-state index contributed by atoms with van der Waals surface area (Å²) in [7, 11) is 0. The average Bonchev–Trinajstić information content (AvgIpc) is 2.56. The predicted molar refractivity (Wildman–Crippen MR) is 108 cm³/mol. The molecule has 0 aromatic heterocycles. The lowest BCUT2D eigenvalue weighted by Crippen LogP contribution is -2.28. The van der Waals surface area contributed by atoms with Gasteiger partial charge in [-0.3, -0.25) is 14.7 Å². The first kappa shape index (κ1) is 23.0. The normalized spacial score (nSPS) is 12.4. The molecule has 5 nitrogen and oxygen atoms in total. The molecule has 0 aliphatic carbocycles. The monoisotopic (exact) mass is 404 g/mol. The van der Waals surface area contributed by atoms with Crippen LogP contribution in [-0.4, -0.2) is 42.0 Å². The Morgan fingerprint density at radius 1 is 1.27 bits per heavy atom. The van der Waals surface area contributed by atoms with Crippen LogP contribution < -0.4 is 10.8 Å². The zero-order valence-corrected chi connectivity index (χ0v) is 17.1. The maximum Gasteiger partial charge on any atom is 0.304 e. The number of aliphatic carboxylic acids is 1. The molecule has 0 fully saturated rings. The number of nitrogens with zero attached hydrogens (tertiary/aromatic N) is 1. The zero-order chi connectivity index (χ0) is 19.5. The number of benzene rings is 1. The van der Waals surface area contributed by atoms with E-state index in [9.17, 15) is 4.79 Å². The van der Waals surface area contributed by atoms with Crippen molar-refractivity contribution in [1.29, 1.82) is 0 Å². The Hall–Kier alpha value is -1.01. The summed E-state index contributed by atoms with van der Waals surface area (Å²) in [6, 6.07) is 5.68. The molecular formula is C19H30Cl2N2O3. The minimum Gasteiger partial charge on any atom is -0.481 e. The first-order valence-corrected chi connectivity index (χ1v) is 10.1. The molecule has 1 unspecified atom stereocenters. The van der Waals surface area contributed by atoms with Crippen LogP contribution in [0.1, 0.15) is 37.8 Å². The lowest BCUT2D eigenvalue weighted by molar-refractivity contribution is -0.137. The van der Waals surface area contributed by atoms with Crippen LogP contribution in [-0.2, 0) is 22.5 Å². The van der Waals surface area contributed by atoms with E-state index in [1.165, 1.54) is 5.56 Å². The summed E-state index contributed by atoms with van der Waals surface area (Å²) in [4.78, 5) is 16.6. The Bertz CT molecular complexity index is 556. The third-order valence-corrected chi connectivity index (χ3v) is 4.32. The first-order chi connectivity index (χ1) is 12.4. The fourth-order valence-corrected chi connectivity index (χ4v) is 2.94. The van der Waals surface area contributed by atoms with Crippen molar-refractivity contribution in [3.8, 4) is 0 Å². The van der Waals surface area contributed by atoms with Gasteiger partial charge in [-0.15, -0.1) is 23.2 Å². The second kappa shape index (κ2) is 12.4. The summed E-state index contributed by atoms with van der Waals surface area (Å²) in [6.45, 7) is 5.30. The van der Waals surface area contributed by atoms with Gasteiger partial charge in [0.1, 0.15) is 0 Å². The first-order valence-electron chi connectivity index (χ1n) is 8.98. The average molecular weight is 405 g/mol. The molecule has 1 aromatic rings. The summed E-state index contributed by atoms with van der Waals surface area (Å²) in [5.41, 5.74) is 9.17. The highest BCUT2D eigenvalue weighted by atomic mass is 35.5. The Morgan fingerprint density at radius 3 is 2.58 bits per heavy atom. The van der Waals surface area contributed by atoms with Gasteiger partial charge in [0.2, 0.25) is 0 Å². The smallest absolute Gasteiger partial charge is 0.304 e. The number of hydrogen-bond donors (Lipinski definition) is 2. The second-order valence-corrected chi connectivity index (χ2v) is 7.52. The molecule has 0 spiro atoms. The molecule has 0 amide bonds. The van der Waals surface area contributed by atoms with Crippen LogP contribution in [0.25, 0.3) is 0 Å². The van der Waals surface area contributed by atoms with Gasteiger partial charge in [0.15, 0.2) is 0 Å². The maximum absolute atomic E-state index is 10.9. The van der Waals surface area contributed by atoms with Gasteiger partial charge in [-0.2, -0.15) is 0 Å². The summed E-state index contributed by atoms with van der Waals surface area (Å²) in [6.07, 6.45) is 2.46. The van der Waals surface area contributed by atoms with Crippen LogP contribution in [0.3, 0.4) is 0 Å². The number of carboxylic acid groups (broad SMARTS) is 1. The van der Waals surface area contributed by atoms with Crippen LogP contribution >= 0.6 is 23.2 Å². The minimum atomic E-state index is -0.883. The van der Waals surface area contributed by atoms with Crippen molar-refractivity contribution >= 4 is 34.9 Å². The van der Waals surface area contributed by atoms with Crippen molar-refractivity contribution in [3.05, 3.63) is 29.3 Å². The van der Waals surface area contributed by atoms with E-state index in [0.717, 1.165) is 24.1 Å². The van der Waals surface area contributed by atoms with Crippen molar-refractivity contribution in [3.63, 3.8) is 0 Å². The number of alkyl halides is 2. The van der Waals surface area contributed by atoms with Gasteiger partial charge in [-0.05, 0) is 48.4 Å². The molecule has 1 aromatic carbocycles. The fraction of sp³-hybridized carbons (Fsp3) is 0.632. The standard InChI is InChI=1S/C19H30Cl2N2O3/c1-14(2)3-4-15-5-6-18(23(9-7-20)26-10-8-21)12-16(15)11-17(22)13-19(24)25/h5-6,12,14,17H,3-4,7-11,13,22H2,1-2H3,(H,24,25). The predicted octanol–water partition coefficient (Wildman–Crippen LogP) is 3.84. The van der Waals surface area contributed by atoms with Crippen molar-refractivity contribution in [1.82, 2.24) is 0 Å². The van der Waals surface area contributed by atoms with Crippen molar-refractivity contribution in [2.75, 3.05) is 30.0 Å². The fourth-order valence-electron chi connectivity index (χ4n) is 2.71. The van der Waals surface area contributed by atoms with E-state index in [-0.39, 0.29) is 6.42 Å². The Kier molecular flexibility index (Phi) is 11.0. The SMILES string of the molecule is CC(C)CCc1ccc(N(CCCl)OCCCl)cc1CC(N)CC(=O)O. The quantitative estimate of drug-likeness (QED) is 0.385. The lowest BCUT2D eigenvalue weighted by Gasteiger charge is -2.24. The largest absolute Gasteiger partial charge is 0.481 e. The van der Waals surface area contributed by atoms with Gasteiger partial charge in [-0.25, -0.2) is 0 Å². The van der Waals surface area contributed by atoms with Crippen LogP contribution in [0.5, 0.6) is 0 Å². The molecular weight excluding hydrogens is 375 g/mol. The number of anilines is 1. The molecule has 0 saturated carbocycles. The second-order valence-electron chi connectivity index (χ2n) is 6.76. The van der Waals surface area contributed by atoms with Crippen molar-refractivity contribution in [2.24, 2.45) is 11.7 Å². The molecule has 0 radical (unpaired) electrons. The third kappa shape index (κ3) is 8.58. The topological polar surface area (TPSA) is 75.8 Å². The number of rotatable bonds is 13. The summed E-state index contributed by atoms with van der Waals surface area (Å²) in [5.74, 6) is 0.522. The van der Waals surface area contributed by atoms with Gasteiger partial charge in [-0.1, -0.05) is 19.9 Å². The molecule has 0 saturated heterocycles. The molecule has 1 rings (SSSR count). The number of halogens is 2. The molecule has 1 atom stereocenters. The van der Waals surface area contributed by atoms with E-state index in [4.69, 9.17) is 38.9 Å². The van der Waals surface area contributed by atoms with Gasteiger partial charge in [0.05, 0.1) is 25.3 Å². The van der Waals surface area contributed by atoms with E-state index in [0.29, 0.717) is 37.3 Å². The number of carbonyl (C=O) groups is 1. The summed E-state index contributed by atoms with van der Waals surface area (Å²) in [5, 5.41) is 10.7. The minimum absolute atomic E-state index is 0.0536. The molecule has 26 heavy (non-hydrogen) atoms. The molecule has 3 N–H and O–H groups in total. The van der Waals surface area contributed by atoms with Crippen LogP contribution in [0, 0.1) is 5.92 Å². The number of aryl methyl sites for hydroxylation is 1. The lowest BCUT2D eigenvalue weighted by atomic mass is 9.93. The number of hydrogen-bond acceptors (Lipinski definition) is 4. The maximum atomic E-state index is 10.9. The van der Waals surface area contributed by atoms with Gasteiger partial charge in [0.25, 0.3) is 0 Å². The molecule has 0 aliphatic heterocycles. The van der Waals surface area contributed by atoms with Gasteiger partial charge < -0.3 is 10.8 Å². The molecule has 7 heteroatoms. The van der Waals surface area contributed by atoms with E-state index in [2.05, 4.69) is 19.9 Å². The van der Waals surface area contributed by atoms with Gasteiger partial charge in [0, 0.05) is 17.8 Å². The summed E-state index contributed by atoms with van der Waals surface area (Å²) < 4.78 is 0. The van der Waals surface area contributed by atoms with E-state index in [1.54, 1.807) is 5.06 Å². The molecule has 148 valence electrons. The number of hydroxylamine groups is 1. The van der Waals surface area contributed by atoms with Gasteiger partial charge >= 0.3 is 5.97 Å². The van der Waals surface area contributed by atoms with E-state index in [1.807, 2.05) is 12.1 Å². The van der Waals surface area contributed by atoms with Crippen molar-refractivity contribution < 1.29 is 14.7 Å². The highest BCUT2D eigenvalue weighted by Gasteiger charge is 2.15. The highest BCUT2D eigenvalue weighted by molar-refractivity contribution is 6.18. The van der Waals surface area contributed by atoms with Crippen LogP contribution in [0.4, 0.5) is 5.69 Å². The molecule has 0 heterocycles. The van der Waals surface area contributed by atoms with E-state index >= 15 is 0 Å². The third-order valence-electron chi connectivity index (χ3n) is 4.00. The van der Waals surface area contributed by atoms with Crippen LogP contribution in [0.15, 0.2) is 18.2 Å². The van der Waals surface area contributed by atoms with E-state index < -0.39 is 12.0 Å². The van der Waals surface area contributed by atoms with Crippen LogP contribution in [0.2, 0.25) is 0 Å². The molecule has 0 aliphatic rings. The Labute approximate surface area is 166 Å². The number of nitrogens with two attached hydrogens (primary N) is 1. The Balaban J connectivity index is 3.05. The summed E-state index contributed by atoms with van der Waals surface area (Å²) >= 11 is 11.6. The highest BCUT2D eigenvalue weighted by Crippen LogP contribution is 2.24. The number of carboxylic acids is 1. The zero-order valence-electron chi connectivity index (χ0n) is 15.6. The van der Waals surface area contributed by atoms with Crippen molar-refractivity contribution in [2.45, 2.75) is 45.6 Å².